The minimum Gasteiger partial charge on any atom is -0.462 e. The number of ether oxygens (including phenoxy) is 3. The number of hydrogen-bond acceptors (Lipinski definition) is 6. The summed E-state index contributed by atoms with van der Waals surface area (Å²) in [6, 6.07) is 0. The summed E-state index contributed by atoms with van der Waals surface area (Å²) >= 11 is 0. The van der Waals surface area contributed by atoms with E-state index in [0.717, 1.165) is 135 Å². The Balaban J connectivity index is 4.49. The summed E-state index contributed by atoms with van der Waals surface area (Å²) in [4.78, 5) is 38.1. The Labute approximate surface area is 419 Å². The summed E-state index contributed by atoms with van der Waals surface area (Å²) in [5.74, 6) is -0.951. The number of unbranched alkanes of at least 4 members (excludes halogenated alkanes) is 23. The molecule has 0 radical (unpaired) electrons. The molecular formula is C62H104O6. The zero-order valence-electron chi connectivity index (χ0n) is 44.3. The van der Waals surface area contributed by atoms with Crippen molar-refractivity contribution in [2.75, 3.05) is 13.2 Å². The van der Waals surface area contributed by atoms with Crippen molar-refractivity contribution in [1.82, 2.24) is 0 Å². The topological polar surface area (TPSA) is 78.9 Å². The first-order valence-corrected chi connectivity index (χ1v) is 28.2. The van der Waals surface area contributed by atoms with Crippen LogP contribution in [0.25, 0.3) is 0 Å². The normalized spacial score (nSPS) is 12.8. The van der Waals surface area contributed by atoms with Crippen molar-refractivity contribution >= 4 is 17.9 Å². The summed E-state index contributed by atoms with van der Waals surface area (Å²) in [5.41, 5.74) is 0. The predicted octanol–water partition coefficient (Wildman–Crippen LogP) is 18.9. The monoisotopic (exact) mass is 945 g/mol. The minimum absolute atomic E-state index is 0.0994. The van der Waals surface area contributed by atoms with Gasteiger partial charge in [0.05, 0.1) is 0 Å². The Kier molecular flexibility index (Phi) is 52.9. The first-order chi connectivity index (χ1) is 33.5. The fourth-order valence-electron chi connectivity index (χ4n) is 7.55. The average Bonchev–Trinajstić information content (AvgIpc) is 3.34. The molecule has 0 saturated heterocycles. The Morgan fingerprint density at radius 3 is 0.956 bits per heavy atom. The fraction of sp³-hybridized carbons (Fsp3) is 0.694. The van der Waals surface area contributed by atoms with E-state index in [0.29, 0.717) is 19.3 Å². The second kappa shape index (κ2) is 55.9. The molecule has 0 rings (SSSR count). The lowest BCUT2D eigenvalue weighted by Crippen LogP contribution is -2.30. The molecular weight excluding hydrogens is 841 g/mol. The van der Waals surface area contributed by atoms with Gasteiger partial charge < -0.3 is 14.2 Å². The lowest BCUT2D eigenvalue weighted by atomic mass is 10.1. The molecule has 0 fully saturated rings. The molecule has 0 amide bonds. The molecule has 0 saturated carbocycles. The van der Waals surface area contributed by atoms with Crippen LogP contribution in [0.1, 0.15) is 258 Å². The van der Waals surface area contributed by atoms with Gasteiger partial charge in [0.1, 0.15) is 13.2 Å². The third-order valence-electron chi connectivity index (χ3n) is 11.8. The number of rotatable bonds is 50. The van der Waals surface area contributed by atoms with Crippen molar-refractivity contribution in [3.05, 3.63) is 97.2 Å². The second-order valence-electron chi connectivity index (χ2n) is 18.5. The van der Waals surface area contributed by atoms with E-state index in [1.165, 1.54) is 83.5 Å². The molecule has 6 heteroatoms. The van der Waals surface area contributed by atoms with Crippen LogP contribution in [0.5, 0.6) is 0 Å². The third kappa shape index (κ3) is 53.3. The molecule has 388 valence electrons. The van der Waals surface area contributed by atoms with Crippen LogP contribution in [0.2, 0.25) is 0 Å². The summed E-state index contributed by atoms with van der Waals surface area (Å²) < 4.78 is 16.8. The van der Waals surface area contributed by atoms with E-state index in [-0.39, 0.29) is 31.1 Å². The van der Waals surface area contributed by atoms with E-state index in [2.05, 4.69) is 118 Å². The zero-order chi connectivity index (χ0) is 49.3. The van der Waals surface area contributed by atoms with Gasteiger partial charge in [-0.05, 0) is 122 Å². The molecule has 0 aliphatic rings. The number of esters is 3. The van der Waals surface area contributed by atoms with Crippen LogP contribution in [0, 0.1) is 0 Å². The predicted molar refractivity (Wildman–Crippen MR) is 293 cm³/mol. The molecule has 6 nitrogen and oxygen atoms in total. The molecule has 0 aliphatic carbocycles. The fourth-order valence-corrected chi connectivity index (χ4v) is 7.55. The third-order valence-corrected chi connectivity index (χ3v) is 11.8. The maximum atomic E-state index is 12.8. The van der Waals surface area contributed by atoms with Crippen molar-refractivity contribution in [1.29, 1.82) is 0 Å². The van der Waals surface area contributed by atoms with Crippen LogP contribution in [0.4, 0.5) is 0 Å². The van der Waals surface area contributed by atoms with E-state index in [1.54, 1.807) is 0 Å². The van der Waals surface area contributed by atoms with Gasteiger partial charge in [0, 0.05) is 19.3 Å². The molecule has 1 unspecified atom stereocenters. The SMILES string of the molecule is CC/C=C\C/C=C\C/C=C\C/C=C\C/C=C\CCCCCC(=O)OCC(COC(=O)CCCCCCC/C=C\C/C=C\CCCCC)OC(=O)CCCCCCC/C=C\CCCCCCCCC. The van der Waals surface area contributed by atoms with Gasteiger partial charge in [-0.25, -0.2) is 0 Å². The number of carbonyl (C=O) groups excluding carboxylic acids is 3. The van der Waals surface area contributed by atoms with Crippen molar-refractivity contribution in [2.24, 2.45) is 0 Å². The minimum atomic E-state index is -0.803. The van der Waals surface area contributed by atoms with Crippen LogP contribution in [-0.4, -0.2) is 37.2 Å². The summed E-state index contributed by atoms with van der Waals surface area (Å²) in [5, 5.41) is 0. The van der Waals surface area contributed by atoms with Gasteiger partial charge in [0.25, 0.3) is 0 Å². The average molecular weight is 946 g/mol. The molecule has 68 heavy (non-hydrogen) atoms. The summed E-state index contributed by atoms with van der Waals surface area (Å²) in [6.45, 7) is 6.45. The van der Waals surface area contributed by atoms with Crippen molar-refractivity contribution in [3.63, 3.8) is 0 Å². The van der Waals surface area contributed by atoms with Crippen LogP contribution in [0.15, 0.2) is 97.2 Å². The van der Waals surface area contributed by atoms with Crippen LogP contribution >= 0.6 is 0 Å². The summed E-state index contributed by atoms with van der Waals surface area (Å²) in [7, 11) is 0. The van der Waals surface area contributed by atoms with Crippen molar-refractivity contribution < 1.29 is 28.6 Å². The molecule has 0 aliphatic heterocycles. The molecule has 1 atom stereocenters. The van der Waals surface area contributed by atoms with Gasteiger partial charge in [-0.15, -0.1) is 0 Å². The Morgan fingerprint density at radius 1 is 0.309 bits per heavy atom. The zero-order valence-corrected chi connectivity index (χ0v) is 44.3. The Bertz CT molecular complexity index is 1360. The Morgan fingerprint density at radius 2 is 0.574 bits per heavy atom. The Hall–Kier alpha value is -3.67. The number of hydrogen-bond donors (Lipinski definition) is 0. The van der Waals surface area contributed by atoms with Crippen LogP contribution in [-0.2, 0) is 28.6 Å². The first-order valence-electron chi connectivity index (χ1n) is 28.2. The van der Waals surface area contributed by atoms with Gasteiger partial charge in [-0.1, -0.05) is 214 Å². The second-order valence-corrected chi connectivity index (χ2v) is 18.5. The van der Waals surface area contributed by atoms with Gasteiger partial charge >= 0.3 is 17.9 Å². The van der Waals surface area contributed by atoms with E-state index in [4.69, 9.17) is 14.2 Å². The largest absolute Gasteiger partial charge is 0.462 e. The molecule has 0 bridgehead atoms. The van der Waals surface area contributed by atoms with Crippen molar-refractivity contribution in [2.45, 2.75) is 264 Å². The highest BCUT2D eigenvalue weighted by atomic mass is 16.6. The standard InChI is InChI=1S/C62H104O6/c1-4-7-10-13-16-19-22-25-28-30-31-32-35-37-40-43-46-49-52-55-61(64)67-58-59(57-66-60(63)54-51-48-45-42-39-36-33-27-24-21-18-15-12-9-6-3)68-62(65)56-53-50-47-44-41-38-34-29-26-23-20-17-14-11-8-5-2/h7,10,16,18-19,21,25,27-29,31-34,37,40,59H,4-6,8-9,11-15,17,20,22-24,26,30,35-36,38-39,41-58H2,1-3H3/b10-7-,19-16-,21-18-,28-25-,32-31-,33-27-,34-29-,40-37-. The van der Waals surface area contributed by atoms with Gasteiger partial charge in [-0.2, -0.15) is 0 Å². The summed E-state index contributed by atoms with van der Waals surface area (Å²) in [6.07, 6.45) is 73.9. The maximum Gasteiger partial charge on any atom is 0.306 e. The molecule has 0 aromatic carbocycles. The lowest BCUT2D eigenvalue weighted by Gasteiger charge is -2.18. The van der Waals surface area contributed by atoms with E-state index < -0.39 is 6.10 Å². The van der Waals surface area contributed by atoms with E-state index >= 15 is 0 Å². The quantitative estimate of drug-likeness (QED) is 0.0262. The number of carbonyl (C=O) groups is 3. The smallest absolute Gasteiger partial charge is 0.306 e. The van der Waals surface area contributed by atoms with Gasteiger partial charge in [0.15, 0.2) is 6.10 Å². The van der Waals surface area contributed by atoms with E-state index in [1.807, 2.05) is 0 Å². The molecule has 0 aromatic heterocycles. The van der Waals surface area contributed by atoms with Gasteiger partial charge in [0.2, 0.25) is 0 Å². The molecule has 0 spiro atoms. The number of allylic oxidation sites excluding steroid dienone is 16. The van der Waals surface area contributed by atoms with Crippen LogP contribution < -0.4 is 0 Å². The highest BCUT2D eigenvalue weighted by Gasteiger charge is 2.19. The maximum absolute atomic E-state index is 12.8. The molecule has 0 heterocycles. The van der Waals surface area contributed by atoms with Crippen molar-refractivity contribution in [3.8, 4) is 0 Å². The first kappa shape index (κ1) is 64.3. The molecule has 0 N–H and O–H groups in total. The van der Waals surface area contributed by atoms with Crippen LogP contribution in [0.3, 0.4) is 0 Å². The highest BCUT2D eigenvalue weighted by molar-refractivity contribution is 5.71. The highest BCUT2D eigenvalue weighted by Crippen LogP contribution is 2.14. The van der Waals surface area contributed by atoms with E-state index in [9.17, 15) is 14.4 Å². The van der Waals surface area contributed by atoms with Gasteiger partial charge in [-0.3, -0.25) is 14.4 Å². The molecule has 0 aromatic rings. The lowest BCUT2D eigenvalue weighted by molar-refractivity contribution is -0.167.